The van der Waals surface area contributed by atoms with Crippen LogP contribution < -0.4 is 19.8 Å². The predicted octanol–water partition coefficient (Wildman–Crippen LogP) is 15.9. The van der Waals surface area contributed by atoms with E-state index in [9.17, 15) is 0 Å². The molecule has 9 rings (SSSR count). The van der Waals surface area contributed by atoms with Gasteiger partial charge in [0.1, 0.15) is 0 Å². The summed E-state index contributed by atoms with van der Waals surface area (Å²) in [6, 6.07) is 73.2. The third-order valence-electron chi connectivity index (χ3n) is 12.7. The minimum atomic E-state index is 0.587. The molecule has 0 amide bonds. The molecule has 0 N–H and O–H groups in total. The Balaban J connectivity index is 1.12. The van der Waals surface area contributed by atoms with Crippen molar-refractivity contribution >= 4 is 79.7 Å². The highest BCUT2D eigenvalue weighted by Crippen LogP contribution is 2.42. The summed E-state index contributed by atoms with van der Waals surface area (Å²) in [7, 11) is 3.95. The zero-order chi connectivity index (χ0) is 46.0. The number of hydrogen-bond acceptors (Lipinski definition) is 6. The summed E-state index contributed by atoms with van der Waals surface area (Å²) >= 11 is 0. The summed E-state index contributed by atoms with van der Waals surface area (Å²) in [5, 5.41) is 15.7. The van der Waals surface area contributed by atoms with E-state index in [4.69, 9.17) is 10.2 Å². The van der Waals surface area contributed by atoms with Crippen molar-refractivity contribution in [2.75, 3.05) is 33.9 Å². The van der Waals surface area contributed by atoms with Crippen LogP contribution in [0.2, 0.25) is 0 Å². The van der Waals surface area contributed by atoms with Crippen LogP contribution in [0.1, 0.15) is 50.7 Å². The van der Waals surface area contributed by atoms with E-state index in [0.717, 1.165) is 69.6 Å². The summed E-state index contributed by atoms with van der Waals surface area (Å²) in [6.07, 6.45) is 8.65. The van der Waals surface area contributed by atoms with E-state index >= 15 is 0 Å². The Morgan fingerprint density at radius 1 is 0.433 bits per heavy atom. The minimum absolute atomic E-state index is 0.587. The average Bonchev–Trinajstić information content (AvgIpc) is 3.69. The largest absolute Gasteiger partial charge is 0.340 e. The topological polar surface area (TPSA) is 42.6 Å². The molecule has 0 spiro atoms. The Morgan fingerprint density at radius 3 is 1.16 bits per heavy atom. The second-order valence-corrected chi connectivity index (χ2v) is 17.2. The van der Waals surface area contributed by atoms with Gasteiger partial charge in [0, 0.05) is 76.6 Å². The average molecular weight is 878 g/mol. The van der Waals surface area contributed by atoms with Crippen LogP contribution in [0.3, 0.4) is 0 Å². The Bertz CT molecular complexity index is 2840. The number of unbranched alkanes of at least 4 members (excludes halogenated alkanes) is 1. The van der Waals surface area contributed by atoms with Crippen LogP contribution in [-0.2, 0) is 6.54 Å². The van der Waals surface area contributed by atoms with Gasteiger partial charge >= 0.3 is 0 Å². The highest BCUT2D eigenvalue weighted by atomic mass is 15.4. The molecule has 0 aliphatic heterocycles. The highest BCUT2D eigenvalue weighted by Gasteiger charge is 2.21. The third kappa shape index (κ3) is 10.2. The van der Waals surface area contributed by atoms with Crippen molar-refractivity contribution in [3.8, 4) is 0 Å². The molecule has 0 aliphatic rings. The first kappa shape index (κ1) is 44.3. The fraction of sp³-hybridized carbons (Fsp3) is 0.167. The number of para-hydroxylation sites is 4. The van der Waals surface area contributed by atoms with Gasteiger partial charge in [-0.3, -0.25) is 10.0 Å². The molecule has 334 valence electrons. The zero-order valence-electron chi connectivity index (χ0n) is 39.0. The van der Waals surface area contributed by atoms with Crippen LogP contribution in [0.5, 0.6) is 0 Å². The maximum absolute atomic E-state index is 4.73. The van der Waals surface area contributed by atoms with Gasteiger partial charge in [0.05, 0.1) is 23.8 Å². The normalized spacial score (nSPS) is 12.0. The monoisotopic (exact) mass is 877 g/mol. The smallest absolute Gasteiger partial charge is 0.0590 e. The fourth-order valence-corrected chi connectivity index (χ4v) is 8.93. The van der Waals surface area contributed by atoms with Crippen molar-refractivity contribution in [1.29, 1.82) is 0 Å². The molecule has 0 aliphatic carbocycles. The van der Waals surface area contributed by atoms with Crippen LogP contribution in [0, 0.1) is 5.92 Å². The maximum Gasteiger partial charge on any atom is 0.0590 e. The van der Waals surface area contributed by atoms with E-state index < -0.39 is 0 Å². The Kier molecular flexibility index (Phi) is 13.9. The minimum Gasteiger partial charge on any atom is -0.340 e. The standard InChI is InChI=1S/C60H59N7/c1-5-7-20-46(6-2)45-65-59-39-37-55(66(51-25-16-10-17-26-51)53-33-29-47(30-34-53)43-61-63(3)49-21-12-8-13-22-49)41-57(59)58-42-56(38-40-60(58)65)67(52-27-18-11-19-28-52)54-35-31-48(32-36-54)44-62-64(4)50-23-14-9-15-24-50/h8-19,21-44,46H,5-7,20,45H2,1-4H3/b61-43+,62-44+. The summed E-state index contributed by atoms with van der Waals surface area (Å²) < 4.78 is 2.59. The molecule has 1 heterocycles. The van der Waals surface area contributed by atoms with Crippen molar-refractivity contribution in [1.82, 2.24) is 4.57 Å². The Labute approximate surface area is 396 Å². The summed E-state index contributed by atoms with van der Waals surface area (Å²) in [5.41, 5.74) is 13.2. The van der Waals surface area contributed by atoms with Crippen LogP contribution in [0.15, 0.2) is 216 Å². The highest BCUT2D eigenvalue weighted by molar-refractivity contribution is 6.11. The lowest BCUT2D eigenvalue weighted by atomic mass is 9.99. The molecule has 7 nitrogen and oxygen atoms in total. The summed E-state index contributed by atoms with van der Waals surface area (Å²) in [5.74, 6) is 0.587. The van der Waals surface area contributed by atoms with Gasteiger partial charge in [0.25, 0.3) is 0 Å². The van der Waals surface area contributed by atoms with E-state index in [2.05, 4.69) is 198 Å². The first-order valence-corrected chi connectivity index (χ1v) is 23.6. The van der Waals surface area contributed by atoms with E-state index in [1.807, 2.05) is 72.9 Å². The van der Waals surface area contributed by atoms with Crippen molar-refractivity contribution < 1.29 is 0 Å². The molecule has 1 unspecified atom stereocenters. The second-order valence-electron chi connectivity index (χ2n) is 17.2. The molecule has 7 heteroatoms. The fourth-order valence-electron chi connectivity index (χ4n) is 8.93. The molecule has 0 bridgehead atoms. The summed E-state index contributed by atoms with van der Waals surface area (Å²) in [4.78, 5) is 4.72. The van der Waals surface area contributed by atoms with Crippen molar-refractivity contribution in [3.63, 3.8) is 0 Å². The van der Waals surface area contributed by atoms with Crippen LogP contribution >= 0.6 is 0 Å². The molecule has 0 saturated heterocycles. The number of nitrogens with zero attached hydrogens (tertiary/aromatic N) is 7. The maximum atomic E-state index is 4.73. The van der Waals surface area contributed by atoms with Gasteiger partial charge in [-0.1, -0.05) is 130 Å². The van der Waals surface area contributed by atoms with Gasteiger partial charge in [-0.15, -0.1) is 0 Å². The molecule has 1 aromatic heterocycles. The molecule has 8 aromatic carbocycles. The van der Waals surface area contributed by atoms with Crippen molar-refractivity contribution in [3.05, 3.63) is 217 Å². The van der Waals surface area contributed by atoms with E-state index in [1.165, 1.54) is 41.1 Å². The number of hydrogen-bond donors (Lipinski definition) is 0. The Hall–Kier alpha value is -7.90. The lowest BCUT2D eigenvalue weighted by Gasteiger charge is -2.26. The lowest BCUT2D eigenvalue weighted by molar-refractivity contribution is 0.401. The molecule has 67 heavy (non-hydrogen) atoms. The van der Waals surface area contributed by atoms with Crippen LogP contribution in [0.4, 0.5) is 45.5 Å². The van der Waals surface area contributed by atoms with Gasteiger partial charge in [-0.05, 0) is 133 Å². The van der Waals surface area contributed by atoms with E-state index in [-0.39, 0.29) is 0 Å². The van der Waals surface area contributed by atoms with E-state index in [1.54, 1.807) is 0 Å². The van der Waals surface area contributed by atoms with E-state index in [0.29, 0.717) is 5.92 Å². The van der Waals surface area contributed by atoms with Gasteiger partial charge in [0.2, 0.25) is 0 Å². The van der Waals surface area contributed by atoms with Gasteiger partial charge in [0.15, 0.2) is 0 Å². The predicted molar refractivity (Wildman–Crippen MR) is 287 cm³/mol. The quantitative estimate of drug-likeness (QED) is 0.0636. The molecule has 0 fully saturated rings. The molecule has 0 saturated carbocycles. The molecular formula is C60H59N7. The van der Waals surface area contributed by atoms with Gasteiger partial charge < -0.3 is 14.4 Å². The number of benzene rings is 8. The van der Waals surface area contributed by atoms with Gasteiger partial charge in [-0.2, -0.15) is 10.2 Å². The van der Waals surface area contributed by atoms with Crippen molar-refractivity contribution in [2.45, 2.75) is 46.1 Å². The Morgan fingerprint density at radius 2 is 0.791 bits per heavy atom. The lowest BCUT2D eigenvalue weighted by Crippen LogP contribution is -2.11. The SMILES string of the molecule is CCCCC(CC)Cn1c2ccc(N(c3ccccc3)c3ccc(/C=N/N(C)c4ccccc4)cc3)cc2c2cc(N(c3ccccc3)c3ccc(/C=N/N(C)c4ccccc4)cc3)ccc21. The zero-order valence-corrected chi connectivity index (χ0v) is 39.0. The van der Waals surface area contributed by atoms with Crippen LogP contribution in [-0.4, -0.2) is 31.1 Å². The number of rotatable bonds is 18. The first-order valence-electron chi connectivity index (χ1n) is 23.6. The number of fused-ring (bicyclic) bond motifs is 3. The number of aromatic nitrogens is 1. The van der Waals surface area contributed by atoms with Gasteiger partial charge in [-0.25, -0.2) is 0 Å². The number of anilines is 8. The molecule has 1 atom stereocenters. The summed E-state index contributed by atoms with van der Waals surface area (Å²) in [6.45, 7) is 5.62. The molecule has 9 aromatic rings. The molecule has 0 radical (unpaired) electrons. The van der Waals surface area contributed by atoms with Crippen molar-refractivity contribution in [2.24, 2.45) is 16.1 Å². The molecular weight excluding hydrogens is 819 g/mol. The number of hydrazone groups is 2. The second kappa shape index (κ2) is 20.9. The first-order chi connectivity index (χ1) is 33.0. The van der Waals surface area contributed by atoms with Crippen LogP contribution in [0.25, 0.3) is 21.8 Å². The third-order valence-corrected chi connectivity index (χ3v) is 12.7.